The van der Waals surface area contributed by atoms with Gasteiger partial charge in [0.25, 0.3) is 0 Å². The summed E-state index contributed by atoms with van der Waals surface area (Å²) in [4.78, 5) is 35.3. The summed E-state index contributed by atoms with van der Waals surface area (Å²) in [5.41, 5.74) is 0. The van der Waals surface area contributed by atoms with E-state index in [9.17, 15) is 14.4 Å². The SMILES string of the molecule is COC(=O)CCC(C)C1CCC2C3CCC4CC(OC(C)=O)CCC4C3CC(OC(C)=O)C12. The van der Waals surface area contributed by atoms with Crippen molar-refractivity contribution in [1.29, 1.82) is 0 Å². The van der Waals surface area contributed by atoms with Crippen LogP contribution in [0.1, 0.15) is 85.0 Å². The molecular weight excluding hydrogens is 420 g/mol. The molecule has 4 fully saturated rings. The number of hydrogen-bond donors (Lipinski definition) is 0. The first-order valence-electron chi connectivity index (χ1n) is 13.2. The zero-order valence-electron chi connectivity index (χ0n) is 20.8. The fourth-order valence-electron chi connectivity index (χ4n) is 8.53. The zero-order chi connectivity index (χ0) is 23.7. The fourth-order valence-corrected chi connectivity index (χ4v) is 8.53. The lowest BCUT2D eigenvalue weighted by Gasteiger charge is -2.55. The van der Waals surface area contributed by atoms with Crippen LogP contribution in [0.3, 0.4) is 0 Å². The molecule has 6 heteroatoms. The van der Waals surface area contributed by atoms with E-state index in [0.717, 1.165) is 32.1 Å². The number of methoxy groups -OCH3 is 1. The molecule has 0 radical (unpaired) electrons. The first kappa shape index (κ1) is 24.5. The van der Waals surface area contributed by atoms with E-state index >= 15 is 0 Å². The molecule has 0 aromatic carbocycles. The van der Waals surface area contributed by atoms with Crippen LogP contribution in [0.25, 0.3) is 0 Å². The molecule has 10 unspecified atom stereocenters. The van der Waals surface area contributed by atoms with Crippen LogP contribution >= 0.6 is 0 Å². The van der Waals surface area contributed by atoms with Crippen molar-refractivity contribution in [1.82, 2.24) is 0 Å². The second kappa shape index (κ2) is 10.4. The Morgan fingerprint density at radius 1 is 0.818 bits per heavy atom. The Morgan fingerprint density at radius 2 is 1.52 bits per heavy atom. The molecule has 10 atom stereocenters. The topological polar surface area (TPSA) is 78.9 Å². The number of fused-ring (bicyclic) bond motifs is 5. The lowest BCUT2D eigenvalue weighted by atomic mass is 9.52. The van der Waals surface area contributed by atoms with Gasteiger partial charge in [-0.05, 0) is 99.2 Å². The summed E-state index contributed by atoms with van der Waals surface area (Å²) < 4.78 is 16.5. The average Bonchev–Trinajstić information content (AvgIpc) is 3.22. The summed E-state index contributed by atoms with van der Waals surface area (Å²) in [6, 6.07) is 0. The van der Waals surface area contributed by atoms with Crippen molar-refractivity contribution in [3.05, 3.63) is 0 Å². The van der Waals surface area contributed by atoms with Crippen molar-refractivity contribution in [2.75, 3.05) is 7.11 Å². The van der Waals surface area contributed by atoms with Crippen molar-refractivity contribution in [2.24, 2.45) is 47.3 Å². The molecule has 186 valence electrons. The van der Waals surface area contributed by atoms with Crippen molar-refractivity contribution >= 4 is 17.9 Å². The molecule has 4 aliphatic carbocycles. The highest BCUT2D eigenvalue weighted by Gasteiger charge is 2.56. The third-order valence-electron chi connectivity index (χ3n) is 9.68. The van der Waals surface area contributed by atoms with Crippen LogP contribution < -0.4 is 0 Å². The van der Waals surface area contributed by atoms with Crippen molar-refractivity contribution in [3.8, 4) is 0 Å². The van der Waals surface area contributed by atoms with Crippen molar-refractivity contribution in [3.63, 3.8) is 0 Å². The first-order chi connectivity index (χ1) is 15.8. The maximum Gasteiger partial charge on any atom is 0.305 e. The average molecular weight is 463 g/mol. The van der Waals surface area contributed by atoms with Gasteiger partial charge >= 0.3 is 17.9 Å². The summed E-state index contributed by atoms with van der Waals surface area (Å²) in [7, 11) is 1.45. The van der Waals surface area contributed by atoms with Gasteiger partial charge in [0.2, 0.25) is 0 Å². The third-order valence-corrected chi connectivity index (χ3v) is 9.68. The van der Waals surface area contributed by atoms with Gasteiger partial charge in [0.15, 0.2) is 0 Å². The molecule has 0 spiro atoms. The number of carbonyl (C=O) groups excluding carboxylic acids is 3. The molecule has 0 N–H and O–H groups in total. The first-order valence-corrected chi connectivity index (χ1v) is 13.2. The Labute approximate surface area is 198 Å². The maximum atomic E-state index is 12.1. The van der Waals surface area contributed by atoms with E-state index in [1.165, 1.54) is 39.7 Å². The number of esters is 3. The molecule has 33 heavy (non-hydrogen) atoms. The highest BCUT2D eigenvalue weighted by molar-refractivity contribution is 5.69. The van der Waals surface area contributed by atoms with Crippen LogP contribution in [-0.2, 0) is 28.6 Å². The highest BCUT2D eigenvalue weighted by atomic mass is 16.5. The van der Waals surface area contributed by atoms with Gasteiger partial charge in [-0.2, -0.15) is 0 Å². The second-order valence-electron chi connectivity index (χ2n) is 11.3. The van der Waals surface area contributed by atoms with Crippen LogP contribution in [0.5, 0.6) is 0 Å². The van der Waals surface area contributed by atoms with Gasteiger partial charge in [-0.25, -0.2) is 0 Å². The largest absolute Gasteiger partial charge is 0.469 e. The van der Waals surface area contributed by atoms with E-state index < -0.39 is 0 Å². The molecular formula is C27H42O6. The Kier molecular flexibility index (Phi) is 7.69. The van der Waals surface area contributed by atoms with Gasteiger partial charge in [0.05, 0.1) is 7.11 Å². The predicted octanol–water partition coefficient (Wildman–Crippen LogP) is 4.93. The van der Waals surface area contributed by atoms with Gasteiger partial charge in [-0.1, -0.05) is 6.92 Å². The number of hydrogen-bond acceptors (Lipinski definition) is 6. The molecule has 6 nitrogen and oxygen atoms in total. The molecule has 0 saturated heterocycles. The molecule has 0 amide bonds. The summed E-state index contributed by atoms with van der Waals surface area (Å²) in [6.45, 7) is 5.32. The molecule has 0 heterocycles. The van der Waals surface area contributed by atoms with E-state index in [1.807, 2.05) is 0 Å². The van der Waals surface area contributed by atoms with E-state index in [1.54, 1.807) is 6.92 Å². The van der Waals surface area contributed by atoms with E-state index in [-0.39, 0.29) is 30.1 Å². The minimum Gasteiger partial charge on any atom is -0.469 e. The quantitative estimate of drug-likeness (QED) is 0.411. The zero-order valence-corrected chi connectivity index (χ0v) is 20.8. The predicted molar refractivity (Wildman–Crippen MR) is 123 cm³/mol. The molecule has 0 aromatic rings. The van der Waals surface area contributed by atoms with Gasteiger partial charge < -0.3 is 14.2 Å². The van der Waals surface area contributed by atoms with Crippen LogP contribution in [0.15, 0.2) is 0 Å². The molecule has 0 aliphatic heterocycles. The monoisotopic (exact) mass is 462 g/mol. The van der Waals surface area contributed by atoms with Gasteiger partial charge in [-0.3, -0.25) is 14.4 Å². The van der Waals surface area contributed by atoms with Crippen LogP contribution in [0.2, 0.25) is 0 Å². The lowest BCUT2D eigenvalue weighted by molar-refractivity contribution is -0.165. The summed E-state index contributed by atoms with van der Waals surface area (Å²) in [5, 5.41) is 0. The molecule has 0 aromatic heterocycles. The summed E-state index contributed by atoms with van der Waals surface area (Å²) in [5.74, 6) is 4.08. The standard InChI is InChI=1S/C27H42O6/c1-15(5-12-26(30)31-4)20-10-11-23-22-8-6-18-13-19(32-16(2)28)7-9-21(18)24(22)14-25(27(20)23)33-17(3)29/h15,18-25,27H,5-14H2,1-4H3. The Balaban J connectivity index is 1.48. The fraction of sp³-hybridized carbons (Fsp3) is 0.889. The van der Waals surface area contributed by atoms with Gasteiger partial charge in [0.1, 0.15) is 12.2 Å². The smallest absolute Gasteiger partial charge is 0.305 e. The van der Waals surface area contributed by atoms with Crippen LogP contribution in [0, 0.1) is 47.3 Å². The van der Waals surface area contributed by atoms with Gasteiger partial charge in [-0.15, -0.1) is 0 Å². The number of rotatable bonds is 6. The number of ether oxygens (including phenoxy) is 3. The third kappa shape index (κ3) is 5.24. The summed E-state index contributed by atoms with van der Waals surface area (Å²) in [6.07, 6.45) is 10.3. The second-order valence-corrected chi connectivity index (χ2v) is 11.3. The van der Waals surface area contributed by atoms with Crippen LogP contribution in [-0.4, -0.2) is 37.2 Å². The van der Waals surface area contributed by atoms with Crippen LogP contribution in [0.4, 0.5) is 0 Å². The summed E-state index contributed by atoms with van der Waals surface area (Å²) >= 11 is 0. The van der Waals surface area contributed by atoms with Crippen molar-refractivity contribution < 1.29 is 28.6 Å². The molecule has 0 bridgehead atoms. The maximum absolute atomic E-state index is 12.1. The Morgan fingerprint density at radius 3 is 2.21 bits per heavy atom. The Hall–Kier alpha value is -1.59. The van der Waals surface area contributed by atoms with E-state index in [2.05, 4.69) is 6.92 Å². The highest BCUT2D eigenvalue weighted by Crippen LogP contribution is 2.61. The van der Waals surface area contributed by atoms with Crippen molar-refractivity contribution in [2.45, 2.75) is 97.2 Å². The molecule has 4 aliphatic rings. The molecule has 4 saturated carbocycles. The van der Waals surface area contributed by atoms with Gasteiger partial charge in [0, 0.05) is 26.2 Å². The normalized spacial score (nSPS) is 40.5. The minimum atomic E-state index is -0.170. The Bertz CT molecular complexity index is 734. The van der Waals surface area contributed by atoms with E-state index in [0.29, 0.717) is 53.8 Å². The lowest BCUT2D eigenvalue weighted by Crippen LogP contribution is -2.51. The molecule has 4 rings (SSSR count). The number of carbonyl (C=O) groups is 3. The minimum absolute atomic E-state index is 0.00762. The van der Waals surface area contributed by atoms with E-state index in [4.69, 9.17) is 14.2 Å².